The van der Waals surface area contributed by atoms with Crippen LogP contribution in [0.1, 0.15) is 78.2 Å². The van der Waals surface area contributed by atoms with Gasteiger partial charge in [0.15, 0.2) is 0 Å². The topological polar surface area (TPSA) is 27.1 Å². The molecule has 1 spiro atoms. The Bertz CT molecular complexity index is 524. The third kappa shape index (κ3) is 2.44. The van der Waals surface area contributed by atoms with Crippen molar-refractivity contribution in [3.05, 3.63) is 17.5 Å². The summed E-state index contributed by atoms with van der Waals surface area (Å²) in [5.74, 6) is 0. The van der Waals surface area contributed by atoms with Gasteiger partial charge in [-0.1, -0.05) is 41.5 Å². The molecule has 1 aliphatic heterocycles. The number of nitrogens with zero attached hydrogens (tertiary/aromatic N) is 2. The van der Waals surface area contributed by atoms with E-state index in [1.165, 1.54) is 24.2 Å². The lowest BCUT2D eigenvalue weighted by molar-refractivity contribution is -0.176. The molecule has 3 heteroatoms. The molecule has 1 saturated heterocycles. The van der Waals surface area contributed by atoms with Crippen molar-refractivity contribution in [3.63, 3.8) is 0 Å². The van der Waals surface area contributed by atoms with Crippen molar-refractivity contribution in [2.24, 2.45) is 5.41 Å². The maximum atomic E-state index is 5.41. The van der Waals surface area contributed by atoms with E-state index in [-0.39, 0.29) is 10.8 Å². The molecule has 2 heterocycles. The lowest BCUT2D eigenvalue weighted by atomic mass is 9.64. The zero-order valence-corrected chi connectivity index (χ0v) is 14.5. The summed E-state index contributed by atoms with van der Waals surface area (Å²) in [6, 6.07) is 2.93. The van der Waals surface area contributed by atoms with Crippen LogP contribution in [0.4, 0.5) is 0 Å². The largest absolute Gasteiger partial charge is 0.380 e. The Kier molecular flexibility index (Phi) is 3.29. The van der Waals surface area contributed by atoms with Gasteiger partial charge < -0.3 is 4.74 Å². The summed E-state index contributed by atoms with van der Waals surface area (Å²) in [7, 11) is 0. The highest BCUT2D eigenvalue weighted by atomic mass is 16.5. The molecule has 1 aromatic heterocycles. The van der Waals surface area contributed by atoms with Crippen LogP contribution in [-0.4, -0.2) is 23.0 Å². The first-order valence-corrected chi connectivity index (χ1v) is 8.35. The van der Waals surface area contributed by atoms with E-state index in [9.17, 15) is 0 Å². The summed E-state index contributed by atoms with van der Waals surface area (Å²) in [6.07, 6.45) is 3.60. The van der Waals surface area contributed by atoms with Crippen LogP contribution < -0.4 is 0 Å². The molecule has 1 saturated carbocycles. The van der Waals surface area contributed by atoms with Gasteiger partial charge in [0, 0.05) is 21.9 Å². The monoisotopic (exact) mass is 290 g/mol. The summed E-state index contributed by atoms with van der Waals surface area (Å²) in [4.78, 5) is 0. The maximum Gasteiger partial charge on any atom is 0.0683 e. The van der Waals surface area contributed by atoms with Crippen LogP contribution in [0.5, 0.6) is 0 Å². The van der Waals surface area contributed by atoms with Crippen LogP contribution in [0.3, 0.4) is 0 Å². The van der Waals surface area contributed by atoms with Crippen molar-refractivity contribution in [2.75, 3.05) is 13.2 Å². The van der Waals surface area contributed by atoms with Crippen molar-refractivity contribution in [3.8, 4) is 0 Å². The molecular weight excluding hydrogens is 260 g/mol. The minimum Gasteiger partial charge on any atom is -0.380 e. The van der Waals surface area contributed by atoms with Crippen LogP contribution >= 0.6 is 0 Å². The second kappa shape index (κ2) is 4.58. The van der Waals surface area contributed by atoms with E-state index in [1.807, 2.05) is 0 Å². The Morgan fingerprint density at radius 3 is 2.29 bits per heavy atom. The molecule has 1 aromatic rings. The van der Waals surface area contributed by atoms with Gasteiger partial charge in [0.25, 0.3) is 0 Å². The molecule has 0 radical (unpaired) electrons. The van der Waals surface area contributed by atoms with E-state index in [4.69, 9.17) is 9.84 Å². The molecular formula is C18H30N2O. The van der Waals surface area contributed by atoms with Crippen molar-refractivity contribution in [1.29, 1.82) is 0 Å². The Balaban J connectivity index is 1.91. The number of hydrogen-bond acceptors (Lipinski definition) is 2. The number of rotatable bonds is 3. The van der Waals surface area contributed by atoms with E-state index in [0.717, 1.165) is 19.6 Å². The minimum atomic E-state index is 0.147. The van der Waals surface area contributed by atoms with Crippen molar-refractivity contribution in [2.45, 2.75) is 77.7 Å². The number of ether oxygens (including phenoxy) is 1. The Morgan fingerprint density at radius 2 is 1.86 bits per heavy atom. The summed E-state index contributed by atoms with van der Waals surface area (Å²) in [5, 5.41) is 5.04. The van der Waals surface area contributed by atoms with Gasteiger partial charge >= 0.3 is 0 Å². The van der Waals surface area contributed by atoms with Gasteiger partial charge in [-0.3, -0.25) is 4.68 Å². The van der Waals surface area contributed by atoms with E-state index in [2.05, 4.69) is 52.3 Å². The molecule has 0 N–H and O–H groups in total. The van der Waals surface area contributed by atoms with Crippen molar-refractivity contribution < 1.29 is 4.74 Å². The fourth-order valence-electron chi connectivity index (χ4n) is 3.48. The minimum absolute atomic E-state index is 0.147. The quantitative estimate of drug-likeness (QED) is 0.833. The lowest BCUT2D eigenvalue weighted by Crippen LogP contribution is -2.53. The summed E-state index contributed by atoms with van der Waals surface area (Å²) in [6.45, 7) is 15.7. The highest BCUT2D eigenvalue weighted by molar-refractivity contribution is 5.24. The van der Waals surface area contributed by atoms with Gasteiger partial charge in [0.1, 0.15) is 0 Å². The standard InChI is InChI=1S/C18H30N2O/c1-7-17(5,6)14-8-15(16(2,3)4)20(19-14)13-9-18(10-13)11-21-12-18/h8,13H,7,9-12H2,1-6H3. The first-order valence-electron chi connectivity index (χ1n) is 8.35. The van der Waals surface area contributed by atoms with Crippen LogP contribution in [-0.2, 0) is 15.6 Å². The van der Waals surface area contributed by atoms with Crippen LogP contribution in [0.15, 0.2) is 6.07 Å². The normalized spacial score (nSPS) is 22.2. The van der Waals surface area contributed by atoms with Gasteiger partial charge in [0.05, 0.1) is 24.9 Å². The third-order valence-electron chi connectivity index (χ3n) is 5.58. The number of aromatic nitrogens is 2. The first kappa shape index (κ1) is 15.1. The van der Waals surface area contributed by atoms with E-state index in [0.29, 0.717) is 11.5 Å². The SMILES string of the molecule is CCC(C)(C)c1cc(C(C)(C)C)n(C2CC3(COC3)C2)n1. The predicted octanol–water partition coefficient (Wildman–Crippen LogP) is 4.22. The van der Waals surface area contributed by atoms with Crippen LogP contribution in [0, 0.1) is 5.41 Å². The summed E-state index contributed by atoms with van der Waals surface area (Å²) >= 11 is 0. The van der Waals surface area contributed by atoms with Crippen molar-refractivity contribution >= 4 is 0 Å². The molecule has 1 aliphatic carbocycles. The van der Waals surface area contributed by atoms with Crippen LogP contribution in [0.2, 0.25) is 0 Å². The summed E-state index contributed by atoms with van der Waals surface area (Å²) < 4.78 is 7.75. The molecule has 2 fully saturated rings. The molecule has 3 rings (SSSR count). The molecule has 118 valence electrons. The smallest absolute Gasteiger partial charge is 0.0683 e. The molecule has 2 aliphatic rings. The van der Waals surface area contributed by atoms with Gasteiger partial charge in [-0.2, -0.15) is 5.10 Å². The first-order chi connectivity index (χ1) is 9.67. The van der Waals surface area contributed by atoms with E-state index >= 15 is 0 Å². The predicted molar refractivity (Wildman–Crippen MR) is 85.8 cm³/mol. The average molecular weight is 290 g/mol. The summed E-state index contributed by atoms with van der Waals surface area (Å²) in [5.41, 5.74) is 3.44. The fourth-order valence-corrected chi connectivity index (χ4v) is 3.48. The molecule has 0 aromatic carbocycles. The molecule has 0 amide bonds. The molecule has 3 nitrogen and oxygen atoms in total. The molecule has 0 bridgehead atoms. The third-order valence-corrected chi connectivity index (χ3v) is 5.58. The van der Waals surface area contributed by atoms with Gasteiger partial charge in [-0.15, -0.1) is 0 Å². The highest BCUT2D eigenvalue weighted by Gasteiger charge is 2.51. The Hall–Kier alpha value is -0.830. The fraction of sp³-hybridized carbons (Fsp3) is 0.833. The zero-order valence-electron chi connectivity index (χ0n) is 14.5. The lowest BCUT2D eigenvalue weighted by Gasteiger charge is -2.53. The van der Waals surface area contributed by atoms with Gasteiger partial charge in [0.2, 0.25) is 0 Å². The second-order valence-electron chi connectivity index (χ2n) is 8.90. The molecule has 0 atom stereocenters. The number of hydrogen-bond donors (Lipinski definition) is 0. The van der Waals surface area contributed by atoms with E-state index in [1.54, 1.807) is 0 Å². The average Bonchev–Trinajstić information content (AvgIpc) is 2.70. The van der Waals surface area contributed by atoms with E-state index < -0.39 is 0 Å². The van der Waals surface area contributed by atoms with Crippen LogP contribution in [0.25, 0.3) is 0 Å². The van der Waals surface area contributed by atoms with Gasteiger partial charge in [-0.05, 0) is 25.3 Å². The Morgan fingerprint density at radius 1 is 1.24 bits per heavy atom. The second-order valence-corrected chi connectivity index (χ2v) is 8.90. The molecule has 21 heavy (non-hydrogen) atoms. The van der Waals surface area contributed by atoms with Gasteiger partial charge in [-0.25, -0.2) is 0 Å². The van der Waals surface area contributed by atoms with Crippen molar-refractivity contribution in [1.82, 2.24) is 9.78 Å². The maximum absolute atomic E-state index is 5.41. The Labute approximate surface area is 129 Å². The zero-order chi connectivity index (χ0) is 15.5. The highest BCUT2D eigenvalue weighted by Crippen LogP contribution is 2.53. The molecule has 0 unspecified atom stereocenters.